The second-order valence-corrected chi connectivity index (χ2v) is 10.2. The number of phenols is 2. The Morgan fingerprint density at radius 2 is 1.68 bits per heavy atom. The molecule has 4 N–H and O–H groups in total. The molecule has 182 valence electrons. The van der Waals surface area contributed by atoms with Crippen LogP contribution in [0.5, 0.6) is 11.5 Å². The molecule has 1 amide bonds. The lowest BCUT2D eigenvalue weighted by atomic mass is 9.94. The Kier molecular flexibility index (Phi) is 7.36. The van der Waals surface area contributed by atoms with Gasteiger partial charge in [0.1, 0.15) is 11.5 Å². The van der Waals surface area contributed by atoms with Crippen molar-refractivity contribution in [1.29, 1.82) is 0 Å². The molecule has 1 heterocycles. The van der Waals surface area contributed by atoms with E-state index in [9.17, 15) is 15.0 Å². The molecule has 0 atom stereocenters. The number of nitrogens with one attached hydrogen (secondary N) is 2. The maximum atomic E-state index is 12.9. The molecule has 0 saturated carbocycles. The molecule has 0 bridgehead atoms. The highest BCUT2D eigenvalue weighted by molar-refractivity contribution is 6.02. The zero-order valence-corrected chi connectivity index (χ0v) is 21.0. The van der Waals surface area contributed by atoms with Gasteiger partial charge in [-0.25, -0.2) is 0 Å². The molecule has 0 aliphatic carbocycles. The van der Waals surface area contributed by atoms with Crippen molar-refractivity contribution in [3.63, 3.8) is 0 Å². The third kappa shape index (κ3) is 5.78. The van der Waals surface area contributed by atoms with E-state index >= 15 is 0 Å². The number of aromatic hydroxyl groups is 2. The summed E-state index contributed by atoms with van der Waals surface area (Å²) in [5, 5.41) is 31.3. The molecule has 0 aliphatic rings. The lowest BCUT2D eigenvalue weighted by Crippen LogP contribution is -2.35. The van der Waals surface area contributed by atoms with Crippen molar-refractivity contribution in [2.45, 2.75) is 72.5 Å². The second kappa shape index (κ2) is 9.89. The average molecular weight is 466 g/mol. The summed E-state index contributed by atoms with van der Waals surface area (Å²) in [5.74, 6) is -0.217. The Balaban J connectivity index is 2.13. The van der Waals surface area contributed by atoms with Crippen LogP contribution in [0.1, 0.15) is 76.0 Å². The number of carbonyl (C=O) groups excluding carboxylic acids is 1. The summed E-state index contributed by atoms with van der Waals surface area (Å²) >= 11 is 0. The van der Waals surface area contributed by atoms with Gasteiger partial charge in [-0.15, -0.1) is 0 Å². The van der Waals surface area contributed by atoms with Gasteiger partial charge >= 0.3 is 0 Å². The standard InChI is InChI=1S/C27H35N3O4/c1-15(2)19-12-20(22(32)13-21(19)31)25-23(24(30-34-25)26(33)29-16(3)4)18-10-8-17(9-11-18)14-28-27(5,6)7/h8-13,15-16,28,31-32H,14H2,1-7H3,(H,29,33). The highest BCUT2D eigenvalue weighted by atomic mass is 16.5. The number of benzene rings is 2. The molecule has 0 radical (unpaired) electrons. The lowest BCUT2D eigenvalue weighted by molar-refractivity contribution is 0.0934. The Labute approximate surface area is 201 Å². The van der Waals surface area contributed by atoms with Crippen molar-refractivity contribution >= 4 is 5.91 Å². The summed E-state index contributed by atoms with van der Waals surface area (Å²) in [6, 6.07) is 10.7. The molecule has 1 aromatic heterocycles. The summed E-state index contributed by atoms with van der Waals surface area (Å²) in [5.41, 5.74) is 3.49. The average Bonchev–Trinajstić information content (AvgIpc) is 3.16. The Hall–Kier alpha value is -3.32. The van der Waals surface area contributed by atoms with Crippen molar-refractivity contribution in [1.82, 2.24) is 15.8 Å². The van der Waals surface area contributed by atoms with E-state index in [-0.39, 0.29) is 46.4 Å². The summed E-state index contributed by atoms with van der Waals surface area (Å²) in [7, 11) is 0. The number of nitrogens with zero attached hydrogens (tertiary/aromatic N) is 1. The fraction of sp³-hybridized carbons (Fsp3) is 0.407. The fourth-order valence-corrected chi connectivity index (χ4v) is 3.62. The van der Waals surface area contributed by atoms with E-state index in [2.05, 4.69) is 36.6 Å². The van der Waals surface area contributed by atoms with Gasteiger partial charge in [-0.1, -0.05) is 43.3 Å². The maximum Gasteiger partial charge on any atom is 0.274 e. The van der Waals surface area contributed by atoms with Crippen LogP contribution in [0.4, 0.5) is 0 Å². The molecule has 7 heteroatoms. The first kappa shape index (κ1) is 25.3. The maximum absolute atomic E-state index is 12.9. The molecule has 3 aromatic rings. The summed E-state index contributed by atoms with van der Waals surface area (Å²) in [4.78, 5) is 12.9. The molecule has 0 spiro atoms. The van der Waals surface area contributed by atoms with Crippen LogP contribution in [0.25, 0.3) is 22.5 Å². The zero-order chi connectivity index (χ0) is 25.2. The first-order chi connectivity index (χ1) is 15.9. The normalized spacial score (nSPS) is 11.9. The molecule has 0 aliphatic heterocycles. The van der Waals surface area contributed by atoms with Crippen molar-refractivity contribution in [2.75, 3.05) is 0 Å². The molecule has 0 saturated heterocycles. The molecular weight excluding hydrogens is 430 g/mol. The number of aromatic nitrogens is 1. The van der Waals surface area contributed by atoms with Gasteiger partial charge in [0.2, 0.25) is 0 Å². The van der Waals surface area contributed by atoms with Crippen molar-refractivity contribution in [3.8, 4) is 33.9 Å². The first-order valence-electron chi connectivity index (χ1n) is 11.6. The highest BCUT2D eigenvalue weighted by Crippen LogP contribution is 2.43. The van der Waals surface area contributed by atoms with E-state index < -0.39 is 0 Å². The monoisotopic (exact) mass is 465 g/mol. The number of carbonyl (C=O) groups is 1. The van der Waals surface area contributed by atoms with E-state index in [0.29, 0.717) is 23.2 Å². The molecular formula is C27H35N3O4. The van der Waals surface area contributed by atoms with Gasteiger partial charge in [0.25, 0.3) is 5.91 Å². The van der Waals surface area contributed by atoms with Crippen molar-refractivity contribution in [2.24, 2.45) is 0 Å². The summed E-state index contributed by atoms with van der Waals surface area (Å²) < 4.78 is 5.65. The predicted octanol–water partition coefficient (Wildman–Crippen LogP) is 5.57. The van der Waals surface area contributed by atoms with Gasteiger partial charge in [-0.2, -0.15) is 0 Å². The van der Waals surface area contributed by atoms with E-state index in [1.807, 2.05) is 52.0 Å². The van der Waals surface area contributed by atoms with Gasteiger partial charge in [0.05, 0.1) is 11.1 Å². The van der Waals surface area contributed by atoms with Gasteiger partial charge in [-0.3, -0.25) is 4.79 Å². The van der Waals surface area contributed by atoms with Crippen LogP contribution >= 0.6 is 0 Å². The highest BCUT2D eigenvalue weighted by Gasteiger charge is 2.27. The minimum absolute atomic E-state index is 0.00536. The first-order valence-corrected chi connectivity index (χ1v) is 11.6. The molecule has 0 fully saturated rings. The van der Waals surface area contributed by atoms with E-state index in [0.717, 1.165) is 11.1 Å². The van der Waals surface area contributed by atoms with Crippen LogP contribution < -0.4 is 10.6 Å². The topological polar surface area (TPSA) is 108 Å². The van der Waals surface area contributed by atoms with E-state index in [1.165, 1.54) is 6.07 Å². The number of phenolic OH excluding ortho intramolecular Hbond substituents is 2. The molecule has 7 nitrogen and oxygen atoms in total. The van der Waals surface area contributed by atoms with Crippen LogP contribution in [0.2, 0.25) is 0 Å². The molecule has 2 aromatic carbocycles. The number of hydrogen-bond acceptors (Lipinski definition) is 6. The number of rotatable bonds is 7. The van der Waals surface area contributed by atoms with E-state index in [1.54, 1.807) is 6.07 Å². The molecule has 3 rings (SSSR count). The van der Waals surface area contributed by atoms with Crippen LogP contribution in [0, 0.1) is 0 Å². The summed E-state index contributed by atoms with van der Waals surface area (Å²) in [6.45, 7) is 14.7. The van der Waals surface area contributed by atoms with Crippen LogP contribution in [-0.2, 0) is 6.54 Å². The van der Waals surface area contributed by atoms with Crippen LogP contribution in [-0.4, -0.2) is 32.9 Å². The van der Waals surface area contributed by atoms with Crippen molar-refractivity contribution in [3.05, 3.63) is 53.2 Å². The summed E-state index contributed by atoms with van der Waals surface area (Å²) in [6.07, 6.45) is 0. The van der Waals surface area contributed by atoms with Crippen LogP contribution in [0.3, 0.4) is 0 Å². The minimum atomic E-state index is -0.360. The second-order valence-electron chi connectivity index (χ2n) is 10.2. The van der Waals surface area contributed by atoms with Gasteiger partial charge in [0.15, 0.2) is 11.5 Å². The molecule has 34 heavy (non-hydrogen) atoms. The fourth-order valence-electron chi connectivity index (χ4n) is 3.62. The third-order valence-electron chi connectivity index (χ3n) is 5.40. The smallest absolute Gasteiger partial charge is 0.274 e. The lowest BCUT2D eigenvalue weighted by Gasteiger charge is -2.20. The van der Waals surface area contributed by atoms with Crippen molar-refractivity contribution < 1.29 is 19.5 Å². The van der Waals surface area contributed by atoms with Crippen LogP contribution in [0.15, 0.2) is 40.9 Å². The number of hydrogen-bond donors (Lipinski definition) is 4. The minimum Gasteiger partial charge on any atom is -0.508 e. The largest absolute Gasteiger partial charge is 0.508 e. The predicted molar refractivity (Wildman–Crippen MR) is 134 cm³/mol. The SMILES string of the molecule is CC(C)NC(=O)c1noc(-c2cc(C(C)C)c(O)cc2O)c1-c1ccc(CNC(C)(C)C)cc1. The quantitative estimate of drug-likeness (QED) is 0.363. The Morgan fingerprint density at radius 3 is 2.24 bits per heavy atom. The third-order valence-corrected chi connectivity index (χ3v) is 5.40. The Morgan fingerprint density at radius 1 is 1.03 bits per heavy atom. The van der Waals surface area contributed by atoms with E-state index in [4.69, 9.17) is 4.52 Å². The van der Waals surface area contributed by atoms with Gasteiger partial charge in [0, 0.05) is 24.2 Å². The Bertz CT molecular complexity index is 1160. The molecule has 0 unspecified atom stereocenters. The van der Waals surface area contributed by atoms with Gasteiger partial charge in [-0.05, 0) is 63.3 Å². The van der Waals surface area contributed by atoms with Gasteiger partial charge < -0.3 is 25.4 Å². The zero-order valence-electron chi connectivity index (χ0n) is 21.0. The number of amides is 1.